The predicted octanol–water partition coefficient (Wildman–Crippen LogP) is 5.94. The second kappa shape index (κ2) is 8.85. The summed E-state index contributed by atoms with van der Waals surface area (Å²) in [7, 11) is 0. The van der Waals surface area contributed by atoms with Crippen LogP contribution in [0, 0.1) is 0 Å². The largest absolute Gasteiger partial charge is 0.417 e. The predicted molar refractivity (Wildman–Crippen MR) is 111 cm³/mol. The van der Waals surface area contributed by atoms with Crippen molar-refractivity contribution in [3.8, 4) is 0 Å². The van der Waals surface area contributed by atoms with E-state index in [2.05, 4.69) is 15.6 Å². The molecule has 2 N–H and O–H groups in total. The van der Waals surface area contributed by atoms with E-state index in [1.807, 2.05) is 0 Å². The number of nitrogens with one attached hydrogen (secondary N) is 2. The van der Waals surface area contributed by atoms with Gasteiger partial charge in [0.2, 0.25) is 5.91 Å². The minimum atomic E-state index is -4.57. The molecule has 156 valence electrons. The number of anilines is 3. The molecular formula is C20H15ClF3N3O2S. The number of Topliss-reactive ketones (excluding diaryl/α,β-unsaturated/α-hetero) is 1. The summed E-state index contributed by atoms with van der Waals surface area (Å²) in [4.78, 5) is 27.7. The number of nitrogens with zero attached hydrogens (tertiary/aromatic N) is 1. The molecule has 3 aromatic rings. The van der Waals surface area contributed by atoms with Gasteiger partial charge in [0, 0.05) is 22.3 Å². The summed E-state index contributed by atoms with van der Waals surface area (Å²) in [6, 6.07) is 9.96. The first-order chi connectivity index (χ1) is 14.1. The van der Waals surface area contributed by atoms with Crippen molar-refractivity contribution in [3.05, 3.63) is 69.7 Å². The lowest BCUT2D eigenvalue weighted by molar-refractivity contribution is -0.137. The van der Waals surface area contributed by atoms with Crippen LogP contribution in [-0.2, 0) is 17.4 Å². The Kier molecular flexibility index (Phi) is 6.42. The Balaban J connectivity index is 1.62. The molecule has 5 nitrogen and oxygen atoms in total. The first kappa shape index (κ1) is 21.8. The molecular weight excluding hydrogens is 439 g/mol. The second-order valence-electron chi connectivity index (χ2n) is 6.32. The highest BCUT2D eigenvalue weighted by Gasteiger charge is 2.33. The summed E-state index contributed by atoms with van der Waals surface area (Å²) in [5, 5.41) is 7.09. The Morgan fingerprint density at radius 1 is 1.10 bits per heavy atom. The lowest BCUT2D eigenvalue weighted by Gasteiger charge is -2.11. The molecule has 0 atom stereocenters. The summed E-state index contributed by atoms with van der Waals surface area (Å²) < 4.78 is 38.9. The zero-order chi connectivity index (χ0) is 21.9. The number of carbonyl (C=O) groups is 2. The van der Waals surface area contributed by atoms with Crippen LogP contribution in [0.2, 0.25) is 5.02 Å². The van der Waals surface area contributed by atoms with Crippen LogP contribution in [0.15, 0.2) is 47.8 Å². The summed E-state index contributed by atoms with van der Waals surface area (Å²) >= 11 is 6.78. The van der Waals surface area contributed by atoms with E-state index in [9.17, 15) is 22.8 Å². The van der Waals surface area contributed by atoms with Gasteiger partial charge in [0.25, 0.3) is 0 Å². The summed E-state index contributed by atoms with van der Waals surface area (Å²) in [6.45, 7) is 1.45. The van der Waals surface area contributed by atoms with E-state index in [0.717, 1.165) is 23.5 Å². The third-order valence-corrected chi connectivity index (χ3v) is 5.13. The fraction of sp³-hybridized carbons (Fsp3) is 0.150. The smallest absolute Gasteiger partial charge is 0.332 e. The van der Waals surface area contributed by atoms with E-state index in [1.165, 1.54) is 13.0 Å². The number of thiazole rings is 1. The van der Waals surface area contributed by atoms with Gasteiger partial charge in [-0.3, -0.25) is 9.59 Å². The maximum absolute atomic E-state index is 13.0. The summed E-state index contributed by atoms with van der Waals surface area (Å²) in [5.41, 5.74) is 0.785. The van der Waals surface area contributed by atoms with E-state index < -0.39 is 11.7 Å². The minimum absolute atomic E-state index is 0.0128. The number of aromatic nitrogens is 1. The highest BCUT2D eigenvalue weighted by molar-refractivity contribution is 7.13. The zero-order valence-corrected chi connectivity index (χ0v) is 17.1. The molecule has 0 aliphatic heterocycles. The quantitative estimate of drug-likeness (QED) is 0.453. The number of ketones is 1. The van der Waals surface area contributed by atoms with Crippen LogP contribution in [0.25, 0.3) is 0 Å². The van der Waals surface area contributed by atoms with Crippen molar-refractivity contribution in [2.75, 3.05) is 10.6 Å². The molecule has 0 unspecified atom stereocenters. The Morgan fingerprint density at radius 3 is 2.40 bits per heavy atom. The van der Waals surface area contributed by atoms with Crippen molar-refractivity contribution < 1.29 is 22.8 Å². The molecule has 2 aromatic carbocycles. The summed E-state index contributed by atoms with van der Waals surface area (Å²) in [5.74, 6) is -0.383. The van der Waals surface area contributed by atoms with Crippen molar-refractivity contribution >= 4 is 51.1 Å². The molecule has 0 saturated heterocycles. The summed E-state index contributed by atoms with van der Waals surface area (Å²) in [6.07, 6.45) is -4.58. The lowest BCUT2D eigenvalue weighted by atomic mass is 10.1. The number of benzene rings is 2. The number of amides is 1. The third kappa shape index (κ3) is 5.58. The van der Waals surface area contributed by atoms with Gasteiger partial charge >= 0.3 is 6.18 Å². The molecule has 0 saturated carbocycles. The van der Waals surface area contributed by atoms with Gasteiger partial charge in [0.05, 0.1) is 22.7 Å². The number of carbonyl (C=O) groups excluding carboxylic acids is 2. The van der Waals surface area contributed by atoms with Crippen LogP contribution < -0.4 is 10.6 Å². The number of rotatable bonds is 6. The third-order valence-electron chi connectivity index (χ3n) is 3.99. The van der Waals surface area contributed by atoms with Crippen molar-refractivity contribution in [3.63, 3.8) is 0 Å². The molecule has 0 aliphatic rings. The molecule has 10 heteroatoms. The van der Waals surface area contributed by atoms with Crippen LogP contribution in [-0.4, -0.2) is 16.7 Å². The lowest BCUT2D eigenvalue weighted by Crippen LogP contribution is -2.14. The second-order valence-corrected chi connectivity index (χ2v) is 7.59. The molecule has 0 bridgehead atoms. The average Bonchev–Trinajstić information content (AvgIpc) is 3.09. The topological polar surface area (TPSA) is 71.1 Å². The SMILES string of the molecule is CC(=O)c1ccc(NC(=O)Cc2csc(Nc3ccc(Cl)c(C(F)(F)F)c3)n2)cc1. The zero-order valence-electron chi connectivity index (χ0n) is 15.5. The van der Waals surface area contributed by atoms with E-state index in [0.29, 0.717) is 22.1 Å². The Labute approximate surface area is 178 Å². The fourth-order valence-electron chi connectivity index (χ4n) is 2.55. The van der Waals surface area contributed by atoms with Crippen molar-refractivity contribution in [1.29, 1.82) is 0 Å². The highest BCUT2D eigenvalue weighted by atomic mass is 35.5. The van der Waals surface area contributed by atoms with Gasteiger partial charge in [0.15, 0.2) is 10.9 Å². The normalized spacial score (nSPS) is 11.2. The minimum Gasteiger partial charge on any atom is -0.332 e. The molecule has 1 heterocycles. The van der Waals surface area contributed by atoms with Gasteiger partial charge in [-0.1, -0.05) is 11.6 Å². The fourth-order valence-corrected chi connectivity index (χ4v) is 3.50. The van der Waals surface area contributed by atoms with Gasteiger partial charge in [-0.2, -0.15) is 13.2 Å². The monoisotopic (exact) mass is 453 g/mol. The maximum atomic E-state index is 13.0. The highest BCUT2D eigenvalue weighted by Crippen LogP contribution is 2.37. The van der Waals surface area contributed by atoms with Crippen molar-refractivity contribution in [2.24, 2.45) is 0 Å². The average molecular weight is 454 g/mol. The van der Waals surface area contributed by atoms with E-state index in [4.69, 9.17) is 11.6 Å². The van der Waals surface area contributed by atoms with Crippen LogP contribution in [0.5, 0.6) is 0 Å². The molecule has 30 heavy (non-hydrogen) atoms. The van der Waals surface area contributed by atoms with Crippen LogP contribution in [0.1, 0.15) is 28.5 Å². The van der Waals surface area contributed by atoms with Gasteiger partial charge < -0.3 is 10.6 Å². The Bertz CT molecular complexity index is 1080. The molecule has 0 fully saturated rings. The van der Waals surface area contributed by atoms with E-state index in [-0.39, 0.29) is 28.8 Å². The molecule has 0 radical (unpaired) electrons. The van der Waals surface area contributed by atoms with Gasteiger partial charge in [-0.15, -0.1) is 11.3 Å². The van der Waals surface area contributed by atoms with E-state index in [1.54, 1.807) is 29.6 Å². The molecule has 1 amide bonds. The van der Waals surface area contributed by atoms with Crippen LogP contribution in [0.4, 0.5) is 29.7 Å². The molecule has 3 rings (SSSR count). The number of hydrogen-bond donors (Lipinski definition) is 2. The van der Waals surface area contributed by atoms with Crippen molar-refractivity contribution in [1.82, 2.24) is 4.98 Å². The van der Waals surface area contributed by atoms with E-state index >= 15 is 0 Å². The number of halogens is 4. The number of alkyl halides is 3. The Hall–Kier alpha value is -2.91. The van der Waals surface area contributed by atoms with Crippen LogP contribution >= 0.6 is 22.9 Å². The first-order valence-corrected chi connectivity index (χ1v) is 9.86. The standard InChI is InChI=1S/C20H15ClF3N3O2S/c1-11(28)12-2-4-13(5-3-12)25-18(29)9-15-10-30-19(27-15)26-14-6-7-17(21)16(8-14)20(22,23)24/h2-8,10H,9H2,1H3,(H,25,29)(H,26,27). The van der Waals surface area contributed by atoms with Crippen LogP contribution in [0.3, 0.4) is 0 Å². The number of hydrogen-bond acceptors (Lipinski definition) is 5. The molecule has 0 aliphatic carbocycles. The molecule has 1 aromatic heterocycles. The van der Waals surface area contributed by atoms with Gasteiger partial charge in [-0.25, -0.2) is 4.98 Å². The van der Waals surface area contributed by atoms with Gasteiger partial charge in [-0.05, 0) is 49.4 Å². The molecule has 0 spiro atoms. The maximum Gasteiger partial charge on any atom is 0.417 e. The van der Waals surface area contributed by atoms with Crippen molar-refractivity contribution in [2.45, 2.75) is 19.5 Å². The Morgan fingerprint density at radius 2 is 1.77 bits per heavy atom. The first-order valence-electron chi connectivity index (χ1n) is 8.61. The van der Waals surface area contributed by atoms with Gasteiger partial charge in [0.1, 0.15) is 0 Å².